The number of benzene rings is 2. The van der Waals surface area contributed by atoms with Gasteiger partial charge in [0.1, 0.15) is 11.5 Å². The minimum Gasteiger partial charge on any atom is -0.399 e. The van der Waals surface area contributed by atoms with Crippen LogP contribution in [0.5, 0.6) is 0 Å². The summed E-state index contributed by atoms with van der Waals surface area (Å²) in [5, 5.41) is 2.84. The van der Waals surface area contributed by atoms with E-state index in [1.807, 2.05) is 42.5 Å². The van der Waals surface area contributed by atoms with Crippen molar-refractivity contribution in [2.24, 2.45) is 0 Å². The van der Waals surface area contributed by atoms with Gasteiger partial charge in [-0.25, -0.2) is 4.98 Å². The molecule has 6 nitrogen and oxygen atoms in total. The van der Waals surface area contributed by atoms with E-state index in [4.69, 9.17) is 5.73 Å². The second-order valence-corrected chi connectivity index (χ2v) is 5.61. The van der Waals surface area contributed by atoms with Crippen molar-refractivity contribution in [2.75, 3.05) is 11.1 Å². The van der Waals surface area contributed by atoms with E-state index in [9.17, 15) is 4.79 Å². The molecule has 0 bridgehead atoms. The fraction of sp³-hybridized carbons (Fsp3) is 0. The summed E-state index contributed by atoms with van der Waals surface area (Å²) >= 11 is 0. The lowest BCUT2D eigenvalue weighted by molar-refractivity contribution is 0.102. The lowest BCUT2D eigenvalue weighted by Crippen LogP contribution is -2.13. The van der Waals surface area contributed by atoms with Crippen LogP contribution in [-0.4, -0.2) is 20.9 Å². The summed E-state index contributed by atoms with van der Waals surface area (Å²) in [6.07, 6.45) is 1.59. The molecule has 0 aliphatic heterocycles. The first kappa shape index (κ1) is 14.9. The summed E-state index contributed by atoms with van der Waals surface area (Å²) in [4.78, 5) is 24.1. The number of nitrogen functional groups attached to an aromatic ring is 1. The van der Waals surface area contributed by atoms with Gasteiger partial charge in [-0.3, -0.25) is 9.78 Å². The van der Waals surface area contributed by atoms with Gasteiger partial charge in [0.15, 0.2) is 0 Å². The highest BCUT2D eigenvalue weighted by Crippen LogP contribution is 2.23. The van der Waals surface area contributed by atoms with Crippen LogP contribution in [-0.2, 0) is 0 Å². The number of aromatic nitrogens is 3. The van der Waals surface area contributed by atoms with Crippen LogP contribution in [0.15, 0.2) is 66.9 Å². The minimum atomic E-state index is -0.252. The standard InChI is InChI=1S/C19H15N5O/c20-13-6-4-12(5-7-13)18-23-15-9-8-14(11-17(15)24-18)22-19(25)16-3-1-2-10-21-16/h1-11H,20H2,(H,22,25)(H,23,24). The molecule has 6 heteroatoms. The number of hydrogen-bond donors (Lipinski definition) is 3. The molecular formula is C19H15N5O. The molecule has 2 aromatic carbocycles. The van der Waals surface area contributed by atoms with Gasteiger partial charge in [0.25, 0.3) is 5.91 Å². The number of carbonyl (C=O) groups is 1. The summed E-state index contributed by atoms with van der Waals surface area (Å²) in [5.41, 5.74) is 10.1. The Morgan fingerprint density at radius 2 is 1.88 bits per heavy atom. The zero-order chi connectivity index (χ0) is 17.2. The van der Waals surface area contributed by atoms with E-state index in [2.05, 4.69) is 20.3 Å². The number of pyridine rings is 1. The number of nitrogens with two attached hydrogens (primary N) is 1. The zero-order valence-electron chi connectivity index (χ0n) is 13.2. The Bertz CT molecular complexity index is 1040. The van der Waals surface area contributed by atoms with Crippen LogP contribution < -0.4 is 11.1 Å². The van der Waals surface area contributed by atoms with Crippen molar-refractivity contribution >= 4 is 28.3 Å². The molecule has 0 unspecified atom stereocenters. The Morgan fingerprint density at radius 1 is 1.04 bits per heavy atom. The number of H-pyrrole nitrogens is 1. The Hall–Kier alpha value is -3.67. The van der Waals surface area contributed by atoms with E-state index in [0.29, 0.717) is 17.1 Å². The quantitative estimate of drug-likeness (QED) is 0.501. The van der Waals surface area contributed by atoms with Crippen molar-refractivity contribution in [1.82, 2.24) is 15.0 Å². The van der Waals surface area contributed by atoms with Crippen molar-refractivity contribution < 1.29 is 4.79 Å². The van der Waals surface area contributed by atoms with E-state index in [1.165, 1.54) is 0 Å². The topological polar surface area (TPSA) is 96.7 Å². The van der Waals surface area contributed by atoms with Crippen molar-refractivity contribution in [3.63, 3.8) is 0 Å². The maximum atomic E-state index is 12.2. The van der Waals surface area contributed by atoms with Crippen molar-refractivity contribution in [3.05, 3.63) is 72.6 Å². The van der Waals surface area contributed by atoms with Gasteiger partial charge in [0.2, 0.25) is 0 Å². The third-order valence-corrected chi connectivity index (χ3v) is 3.82. The second-order valence-electron chi connectivity index (χ2n) is 5.61. The third kappa shape index (κ3) is 3.05. The number of fused-ring (bicyclic) bond motifs is 1. The number of nitrogens with zero attached hydrogens (tertiary/aromatic N) is 2. The molecule has 4 aromatic rings. The van der Waals surface area contributed by atoms with E-state index in [0.717, 1.165) is 22.4 Å². The zero-order valence-corrected chi connectivity index (χ0v) is 13.2. The van der Waals surface area contributed by atoms with Crippen LogP contribution in [0.2, 0.25) is 0 Å². The monoisotopic (exact) mass is 329 g/mol. The fourth-order valence-corrected chi connectivity index (χ4v) is 2.56. The first-order valence-corrected chi connectivity index (χ1v) is 7.77. The number of rotatable bonds is 3. The molecule has 2 aromatic heterocycles. The molecule has 0 radical (unpaired) electrons. The Kier molecular flexibility index (Phi) is 3.63. The average Bonchev–Trinajstić information content (AvgIpc) is 3.06. The van der Waals surface area contributed by atoms with E-state index in [1.54, 1.807) is 24.4 Å². The largest absolute Gasteiger partial charge is 0.399 e. The third-order valence-electron chi connectivity index (χ3n) is 3.82. The van der Waals surface area contributed by atoms with Gasteiger partial charge >= 0.3 is 0 Å². The highest BCUT2D eigenvalue weighted by Gasteiger charge is 2.09. The maximum Gasteiger partial charge on any atom is 0.274 e. The number of anilines is 2. The van der Waals surface area contributed by atoms with Gasteiger partial charge in [-0.05, 0) is 54.6 Å². The molecule has 122 valence electrons. The lowest BCUT2D eigenvalue weighted by atomic mass is 10.2. The number of carbonyl (C=O) groups excluding carboxylic acids is 1. The van der Waals surface area contributed by atoms with Gasteiger partial charge in [0, 0.05) is 23.1 Å². The molecule has 0 atom stereocenters. The molecule has 0 aliphatic rings. The van der Waals surface area contributed by atoms with Crippen LogP contribution in [0.1, 0.15) is 10.5 Å². The highest BCUT2D eigenvalue weighted by atomic mass is 16.1. The van der Waals surface area contributed by atoms with Gasteiger partial charge in [-0.1, -0.05) is 6.07 Å². The van der Waals surface area contributed by atoms with Crippen LogP contribution in [0.25, 0.3) is 22.4 Å². The summed E-state index contributed by atoms with van der Waals surface area (Å²) < 4.78 is 0. The smallest absolute Gasteiger partial charge is 0.274 e. The summed E-state index contributed by atoms with van der Waals surface area (Å²) in [6.45, 7) is 0. The molecule has 25 heavy (non-hydrogen) atoms. The molecule has 2 heterocycles. The molecule has 0 saturated heterocycles. The van der Waals surface area contributed by atoms with Gasteiger partial charge in [0.05, 0.1) is 11.0 Å². The SMILES string of the molecule is Nc1ccc(-c2nc3ccc(NC(=O)c4ccccn4)cc3[nH]2)cc1. The summed E-state index contributed by atoms with van der Waals surface area (Å²) in [5.74, 6) is 0.501. The molecular weight excluding hydrogens is 314 g/mol. The number of imidazole rings is 1. The molecule has 0 spiro atoms. The number of hydrogen-bond acceptors (Lipinski definition) is 4. The number of amides is 1. The Labute approximate surface area is 143 Å². The van der Waals surface area contributed by atoms with Gasteiger partial charge in [-0.2, -0.15) is 0 Å². The van der Waals surface area contributed by atoms with Crippen LogP contribution in [0, 0.1) is 0 Å². The van der Waals surface area contributed by atoms with E-state index < -0.39 is 0 Å². The van der Waals surface area contributed by atoms with Gasteiger partial charge < -0.3 is 16.0 Å². The lowest BCUT2D eigenvalue weighted by Gasteiger charge is -2.04. The first-order valence-electron chi connectivity index (χ1n) is 7.77. The van der Waals surface area contributed by atoms with E-state index >= 15 is 0 Å². The molecule has 4 rings (SSSR count). The minimum absolute atomic E-state index is 0.252. The molecule has 0 fully saturated rings. The van der Waals surface area contributed by atoms with E-state index in [-0.39, 0.29) is 5.91 Å². The summed E-state index contributed by atoms with van der Waals surface area (Å²) in [6, 6.07) is 18.2. The molecule has 1 amide bonds. The number of aromatic amines is 1. The normalized spacial score (nSPS) is 10.7. The van der Waals surface area contributed by atoms with Crippen molar-refractivity contribution in [2.45, 2.75) is 0 Å². The molecule has 0 aliphatic carbocycles. The fourth-order valence-electron chi connectivity index (χ4n) is 2.56. The van der Waals surface area contributed by atoms with Gasteiger partial charge in [-0.15, -0.1) is 0 Å². The average molecular weight is 329 g/mol. The molecule has 0 saturated carbocycles. The number of nitrogens with one attached hydrogen (secondary N) is 2. The second kappa shape index (κ2) is 6.09. The highest BCUT2D eigenvalue weighted by molar-refractivity contribution is 6.03. The predicted octanol–water partition coefficient (Wildman–Crippen LogP) is 3.46. The first-order chi connectivity index (χ1) is 12.2. The predicted molar refractivity (Wildman–Crippen MR) is 98.1 cm³/mol. The van der Waals surface area contributed by atoms with Crippen molar-refractivity contribution in [1.29, 1.82) is 0 Å². The van der Waals surface area contributed by atoms with Crippen LogP contribution in [0.3, 0.4) is 0 Å². The van der Waals surface area contributed by atoms with Crippen LogP contribution >= 0.6 is 0 Å². The van der Waals surface area contributed by atoms with Crippen LogP contribution in [0.4, 0.5) is 11.4 Å². The molecule has 4 N–H and O–H groups in total. The maximum absolute atomic E-state index is 12.2. The summed E-state index contributed by atoms with van der Waals surface area (Å²) in [7, 11) is 0. The Morgan fingerprint density at radius 3 is 2.64 bits per heavy atom. The van der Waals surface area contributed by atoms with Crippen molar-refractivity contribution in [3.8, 4) is 11.4 Å². The Balaban J connectivity index is 1.62.